The molecule has 22 heavy (non-hydrogen) atoms. The molecule has 0 bridgehead atoms. The molecule has 0 aliphatic carbocycles. The van der Waals surface area contributed by atoms with Crippen LogP contribution in [0.5, 0.6) is 0 Å². The molecule has 1 fully saturated rings. The van der Waals surface area contributed by atoms with E-state index < -0.39 is 9.84 Å². The van der Waals surface area contributed by atoms with Crippen molar-refractivity contribution in [2.75, 3.05) is 18.6 Å². The van der Waals surface area contributed by atoms with Gasteiger partial charge in [-0.05, 0) is 25.5 Å². The fraction of sp³-hybridized carbons (Fsp3) is 0.429. The van der Waals surface area contributed by atoms with Gasteiger partial charge in [-0.25, -0.2) is 13.4 Å². The Bertz CT molecular complexity index is 793. The van der Waals surface area contributed by atoms with Gasteiger partial charge in [0.2, 0.25) is 0 Å². The molecule has 6 nitrogen and oxygen atoms in total. The van der Waals surface area contributed by atoms with Crippen LogP contribution in [-0.4, -0.2) is 48.8 Å². The van der Waals surface area contributed by atoms with Gasteiger partial charge < -0.3 is 9.32 Å². The van der Waals surface area contributed by atoms with Crippen molar-refractivity contribution >= 4 is 27.1 Å². The highest BCUT2D eigenvalue weighted by atomic mass is 32.2. The molecule has 118 valence electrons. The molecule has 0 N–H and O–H groups in total. The van der Waals surface area contributed by atoms with E-state index in [-0.39, 0.29) is 23.5 Å². The van der Waals surface area contributed by atoms with Crippen molar-refractivity contribution in [2.45, 2.75) is 19.4 Å². The third-order valence-electron chi connectivity index (χ3n) is 3.81. The third kappa shape index (κ3) is 2.80. The Morgan fingerprint density at radius 2 is 2.27 bits per heavy atom. The van der Waals surface area contributed by atoms with Gasteiger partial charge in [0.05, 0.1) is 17.8 Å². The maximum absolute atomic E-state index is 12.6. The Kier molecular flexibility index (Phi) is 3.82. The number of sulfone groups is 1. The second-order valence-electron chi connectivity index (χ2n) is 5.37. The molecule has 0 radical (unpaired) electrons. The van der Waals surface area contributed by atoms with Crippen molar-refractivity contribution in [2.24, 2.45) is 0 Å². The van der Waals surface area contributed by atoms with Crippen molar-refractivity contribution in [1.82, 2.24) is 9.88 Å². The number of amides is 1. The summed E-state index contributed by atoms with van der Waals surface area (Å²) in [4.78, 5) is 19.3. The molecule has 1 aliphatic rings. The monoisotopic (exact) mass is 340 g/mol. The van der Waals surface area contributed by atoms with Gasteiger partial charge in [0.1, 0.15) is 5.69 Å². The highest BCUT2D eigenvalue weighted by Crippen LogP contribution is 2.29. The second kappa shape index (κ2) is 5.51. The SMILES string of the molecule is Cc1sc(-c2ccco2)nc1C(=O)N(C)C1CCS(=O)(=O)C1. The number of rotatable bonds is 3. The Hall–Kier alpha value is -1.67. The van der Waals surface area contributed by atoms with Crippen LogP contribution in [0, 0.1) is 6.92 Å². The van der Waals surface area contributed by atoms with Gasteiger partial charge in [0, 0.05) is 18.0 Å². The Morgan fingerprint density at radius 1 is 1.50 bits per heavy atom. The number of carbonyl (C=O) groups excluding carboxylic acids is 1. The summed E-state index contributed by atoms with van der Waals surface area (Å²) in [6.45, 7) is 1.83. The van der Waals surface area contributed by atoms with Crippen LogP contribution in [0.4, 0.5) is 0 Å². The summed E-state index contributed by atoms with van der Waals surface area (Å²) in [5.41, 5.74) is 0.364. The minimum Gasteiger partial charge on any atom is -0.462 e. The molecule has 0 saturated carbocycles. The van der Waals surface area contributed by atoms with E-state index in [1.165, 1.54) is 16.2 Å². The lowest BCUT2D eigenvalue weighted by Crippen LogP contribution is -2.38. The molecule has 0 aromatic carbocycles. The molecule has 0 spiro atoms. The topological polar surface area (TPSA) is 80.5 Å². The van der Waals surface area contributed by atoms with Crippen molar-refractivity contribution in [3.63, 3.8) is 0 Å². The van der Waals surface area contributed by atoms with Gasteiger partial charge in [-0.1, -0.05) is 0 Å². The summed E-state index contributed by atoms with van der Waals surface area (Å²) in [6.07, 6.45) is 2.04. The quantitative estimate of drug-likeness (QED) is 0.853. The number of hydrogen-bond donors (Lipinski definition) is 0. The summed E-state index contributed by atoms with van der Waals surface area (Å²) in [5, 5.41) is 0.651. The van der Waals surface area contributed by atoms with E-state index in [4.69, 9.17) is 4.42 Å². The zero-order valence-corrected chi connectivity index (χ0v) is 13.9. The number of hydrogen-bond acceptors (Lipinski definition) is 6. The van der Waals surface area contributed by atoms with E-state index in [0.717, 1.165) is 4.88 Å². The molecule has 1 amide bonds. The van der Waals surface area contributed by atoms with Gasteiger partial charge >= 0.3 is 0 Å². The fourth-order valence-corrected chi connectivity index (χ4v) is 5.16. The first-order chi connectivity index (χ1) is 10.4. The number of carbonyl (C=O) groups is 1. The predicted octanol–water partition coefficient (Wildman–Crippen LogP) is 1.97. The van der Waals surface area contributed by atoms with Gasteiger partial charge in [-0.2, -0.15) is 0 Å². The van der Waals surface area contributed by atoms with E-state index in [0.29, 0.717) is 22.9 Å². The molecule has 1 unspecified atom stereocenters. The van der Waals surface area contributed by atoms with Crippen LogP contribution in [0.2, 0.25) is 0 Å². The van der Waals surface area contributed by atoms with E-state index in [9.17, 15) is 13.2 Å². The highest BCUT2D eigenvalue weighted by Gasteiger charge is 2.34. The average molecular weight is 340 g/mol. The minimum absolute atomic E-state index is 0.0312. The number of aryl methyl sites for hydroxylation is 1. The number of nitrogens with zero attached hydrogens (tertiary/aromatic N) is 2. The molecule has 1 aliphatic heterocycles. The number of furan rings is 1. The fourth-order valence-electron chi connectivity index (χ4n) is 2.51. The molecular weight excluding hydrogens is 324 g/mol. The van der Waals surface area contributed by atoms with Crippen LogP contribution in [0.3, 0.4) is 0 Å². The first kappa shape index (κ1) is 15.2. The second-order valence-corrected chi connectivity index (χ2v) is 8.81. The highest BCUT2D eigenvalue weighted by molar-refractivity contribution is 7.91. The molecule has 8 heteroatoms. The van der Waals surface area contributed by atoms with E-state index >= 15 is 0 Å². The largest absolute Gasteiger partial charge is 0.462 e. The van der Waals surface area contributed by atoms with Gasteiger partial charge in [-0.3, -0.25) is 4.79 Å². The summed E-state index contributed by atoms with van der Waals surface area (Å²) in [5.74, 6) is 0.554. The normalized spacial score (nSPS) is 20.2. The molecule has 1 atom stereocenters. The maximum atomic E-state index is 12.6. The first-order valence-corrected chi connectivity index (χ1v) is 9.50. The van der Waals surface area contributed by atoms with Crippen LogP contribution < -0.4 is 0 Å². The lowest BCUT2D eigenvalue weighted by molar-refractivity contribution is 0.0742. The number of thiazole rings is 1. The van der Waals surface area contributed by atoms with Crippen molar-refractivity contribution in [3.05, 3.63) is 29.0 Å². The molecule has 1 saturated heterocycles. The van der Waals surface area contributed by atoms with Crippen molar-refractivity contribution < 1.29 is 17.6 Å². The van der Waals surface area contributed by atoms with Crippen LogP contribution in [0.25, 0.3) is 10.8 Å². The standard InChI is InChI=1S/C14H16N2O4S2/c1-9-12(15-13(21-9)11-4-3-6-20-11)14(17)16(2)10-5-7-22(18,19)8-10/h3-4,6,10H,5,7-8H2,1-2H3. The predicted molar refractivity (Wildman–Crippen MR) is 83.7 cm³/mol. The van der Waals surface area contributed by atoms with E-state index in [1.807, 2.05) is 6.92 Å². The van der Waals surface area contributed by atoms with Crippen LogP contribution in [-0.2, 0) is 9.84 Å². The number of aromatic nitrogens is 1. The molecule has 3 rings (SSSR count). The molecule has 2 aromatic heterocycles. The average Bonchev–Trinajstić information content (AvgIpc) is 3.16. The smallest absolute Gasteiger partial charge is 0.273 e. The minimum atomic E-state index is -3.02. The van der Waals surface area contributed by atoms with Gasteiger partial charge in [0.25, 0.3) is 5.91 Å². The Balaban J connectivity index is 1.83. The zero-order valence-electron chi connectivity index (χ0n) is 12.3. The Morgan fingerprint density at radius 3 is 2.86 bits per heavy atom. The van der Waals surface area contributed by atoms with Gasteiger partial charge in [0.15, 0.2) is 20.6 Å². The van der Waals surface area contributed by atoms with Crippen LogP contribution in [0.1, 0.15) is 21.8 Å². The van der Waals surface area contributed by atoms with E-state index in [2.05, 4.69) is 4.98 Å². The third-order valence-corrected chi connectivity index (χ3v) is 6.54. The maximum Gasteiger partial charge on any atom is 0.273 e. The van der Waals surface area contributed by atoms with Crippen LogP contribution in [0.15, 0.2) is 22.8 Å². The van der Waals surface area contributed by atoms with E-state index in [1.54, 1.807) is 25.4 Å². The summed E-state index contributed by atoms with van der Waals surface area (Å²) in [6, 6.07) is 3.29. The van der Waals surface area contributed by atoms with Crippen molar-refractivity contribution in [1.29, 1.82) is 0 Å². The molecule has 3 heterocycles. The summed E-state index contributed by atoms with van der Waals surface area (Å²) < 4.78 is 28.4. The van der Waals surface area contributed by atoms with Crippen molar-refractivity contribution in [3.8, 4) is 10.8 Å². The summed E-state index contributed by atoms with van der Waals surface area (Å²) >= 11 is 1.39. The zero-order chi connectivity index (χ0) is 15.9. The lowest BCUT2D eigenvalue weighted by atomic mass is 10.2. The molecular formula is C14H16N2O4S2. The first-order valence-electron chi connectivity index (χ1n) is 6.86. The lowest BCUT2D eigenvalue weighted by Gasteiger charge is -2.22. The summed E-state index contributed by atoms with van der Waals surface area (Å²) in [7, 11) is -1.39. The van der Waals surface area contributed by atoms with Gasteiger partial charge in [-0.15, -0.1) is 11.3 Å². The molecule has 2 aromatic rings. The van der Waals surface area contributed by atoms with Crippen LogP contribution >= 0.6 is 11.3 Å². The Labute approximate surface area is 132 Å².